The van der Waals surface area contributed by atoms with Crippen molar-refractivity contribution in [1.29, 1.82) is 5.26 Å². The highest BCUT2D eigenvalue weighted by Crippen LogP contribution is 2.26. The summed E-state index contributed by atoms with van der Waals surface area (Å²) in [7, 11) is 0. The summed E-state index contributed by atoms with van der Waals surface area (Å²) in [5.41, 5.74) is 0.466. The highest BCUT2D eigenvalue weighted by atomic mass is 35.5. The minimum atomic E-state index is -0.605. The van der Waals surface area contributed by atoms with Crippen LogP contribution in [0.4, 0.5) is 10.1 Å². The minimum absolute atomic E-state index is 0.0192. The van der Waals surface area contributed by atoms with Crippen molar-refractivity contribution in [3.05, 3.63) is 29.6 Å². The summed E-state index contributed by atoms with van der Waals surface area (Å²) in [6, 6.07) is 5.92. The number of hydrogen-bond acceptors (Lipinski definition) is 2. The molecule has 0 N–H and O–H groups in total. The Kier molecular flexibility index (Phi) is 3.30. The molecule has 1 fully saturated rings. The smallest absolute Gasteiger partial charge is 0.227 e. The SMILES string of the molecule is N#Cc1ccc(N2CC(CCl)CC2=O)cc1F. The van der Waals surface area contributed by atoms with Gasteiger partial charge in [-0.15, -0.1) is 11.6 Å². The van der Waals surface area contributed by atoms with Gasteiger partial charge in [0.1, 0.15) is 11.9 Å². The molecule has 0 bridgehead atoms. The van der Waals surface area contributed by atoms with Gasteiger partial charge < -0.3 is 4.90 Å². The van der Waals surface area contributed by atoms with Gasteiger partial charge in [0.15, 0.2) is 0 Å². The van der Waals surface area contributed by atoms with Crippen LogP contribution in [0.15, 0.2) is 18.2 Å². The quantitative estimate of drug-likeness (QED) is 0.758. The predicted octanol–water partition coefficient (Wildman–Crippen LogP) is 2.29. The van der Waals surface area contributed by atoms with E-state index in [2.05, 4.69) is 0 Å². The van der Waals surface area contributed by atoms with Crippen molar-refractivity contribution in [2.75, 3.05) is 17.3 Å². The second kappa shape index (κ2) is 4.72. The van der Waals surface area contributed by atoms with Gasteiger partial charge in [0.25, 0.3) is 0 Å². The van der Waals surface area contributed by atoms with E-state index < -0.39 is 5.82 Å². The summed E-state index contributed by atoms with van der Waals surface area (Å²) in [5, 5.41) is 8.62. The molecule has 88 valence electrons. The van der Waals surface area contributed by atoms with Crippen LogP contribution in [0, 0.1) is 23.1 Å². The fourth-order valence-electron chi connectivity index (χ4n) is 1.90. The average molecular weight is 253 g/mol. The number of hydrogen-bond donors (Lipinski definition) is 0. The number of halogens is 2. The molecule has 0 spiro atoms. The van der Waals surface area contributed by atoms with Crippen molar-refractivity contribution < 1.29 is 9.18 Å². The third kappa shape index (κ3) is 2.25. The first-order chi connectivity index (χ1) is 8.15. The molecule has 5 heteroatoms. The lowest BCUT2D eigenvalue weighted by Crippen LogP contribution is -2.24. The number of carbonyl (C=O) groups excluding carboxylic acids is 1. The predicted molar refractivity (Wildman–Crippen MR) is 62.3 cm³/mol. The van der Waals surface area contributed by atoms with Gasteiger partial charge in [-0.2, -0.15) is 5.26 Å². The summed E-state index contributed by atoms with van der Waals surface area (Å²) in [6.45, 7) is 0.508. The third-order valence-corrected chi connectivity index (χ3v) is 3.24. The summed E-state index contributed by atoms with van der Waals surface area (Å²) in [6.07, 6.45) is 0.394. The number of benzene rings is 1. The Hall–Kier alpha value is -1.60. The fourth-order valence-corrected chi connectivity index (χ4v) is 2.10. The number of nitriles is 1. The lowest BCUT2D eigenvalue weighted by Gasteiger charge is -2.16. The summed E-state index contributed by atoms with van der Waals surface area (Å²) in [5.74, 6) is -0.129. The molecule has 1 aromatic rings. The van der Waals surface area contributed by atoms with Crippen molar-refractivity contribution in [1.82, 2.24) is 0 Å². The molecule has 0 aromatic heterocycles. The van der Waals surface area contributed by atoms with Gasteiger partial charge in [-0.3, -0.25) is 4.79 Å². The molecule has 0 radical (unpaired) electrons. The van der Waals surface area contributed by atoms with Gasteiger partial charge in [0, 0.05) is 24.5 Å². The fraction of sp³-hybridized carbons (Fsp3) is 0.333. The number of amides is 1. The van der Waals surface area contributed by atoms with Crippen LogP contribution in [0.25, 0.3) is 0 Å². The molecule has 1 saturated heterocycles. The Labute approximate surface area is 103 Å². The maximum Gasteiger partial charge on any atom is 0.227 e. The molecule has 1 aromatic carbocycles. The van der Waals surface area contributed by atoms with E-state index in [1.54, 1.807) is 12.1 Å². The molecule has 2 rings (SSSR count). The standard InChI is InChI=1S/C12H10ClFN2O/c13-5-8-3-12(17)16(7-8)10-2-1-9(6-15)11(14)4-10/h1-2,4,8H,3,5,7H2. The van der Waals surface area contributed by atoms with Crippen LogP contribution in [-0.4, -0.2) is 18.3 Å². The zero-order valence-corrected chi connectivity index (χ0v) is 9.75. The van der Waals surface area contributed by atoms with E-state index in [9.17, 15) is 9.18 Å². The van der Waals surface area contributed by atoms with Crippen LogP contribution in [0.5, 0.6) is 0 Å². The topological polar surface area (TPSA) is 44.1 Å². The van der Waals surface area contributed by atoms with Crippen LogP contribution in [-0.2, 0) is 4.79 Å². The van der Waals surface area contributed by atoms with Gasteiger partial charge in [-0.25, -0.2) is 4.39 Å². The largest absolute Gasteiger partial charge is 0.312 e. The summed E-state index contributed by atoms with van der Waals surface area (Å²) < 4.78 is 13.4. The van der Waals surface area contributed by atoms with Crippen LogP contribution in [0.3, 0.4) is 0 Å². The van der Waals surface area contributed by atoms with Crippen LogP contribution >= 0.6 is 11.6 Å². The van der Waals surface area contributed by atoms with Crippen molar-refractivity contribution in [2.45, 2.75) is 6.42 Å². The minimum Gasteiger partial charge on any atom is -0.312 e. The Morgan fingerprint density at radius 2 is 2.35 bits per heavy atom. The van der Waals surface area contributed by atoms with Crippen molar-refractivity contribution in [3.8, 4) is 6.07 Å². The van der Waals surface area contributed by atoms with Crippen LogP contribution in [0.1, 0.15) is 12.0 Å². The number of anilines is 1. The van der Waals surface area contributed by atoms with E-state index in [4.69, 9.17) is 16.9 Å². The number of nitrogens with zero attached hydrogens (tertiary/aromatic N) is 2. The van der Waals surface area contributed by atoms with E-state index >= 15 is 0 Å². The molecule has 1 aliphatic heterocycles. The second-order valence-electron chi connectivity index (χ2n) is 4.00. The molecule has 17 heavy (non-hydrogen) atoms. The van der Waals surface area contributed by atoms with E-state index in [1.165, 1.54) is 17.0 Å². The van der Waals surface area contributed by atoms with E-state index in [1.807, 2.05) is 0 Å². The number of rotatable bonds is 2. The lowest BCUT2D eigenvalue weighted by molar-refractivity contribution is -0.117. The third-order valence-electron chi connectivity index (χ3n) is 2.81. The molecule has 0 saturated carbocycles. The zero-order chi connectivity index (χ0) is 12.4. The average Bonchev–Trinajstić information content (AvgIpc) is 2.70. The first kappa shape index (κ1) is 11.9. The van der Waals surface area contributed by atoms with E-state index in [0.717, 1.165) is 0 Å². The molecule has 0 aliphatic carbocycles. The normalized spacial score (nSPS) is 19.5. The maximum atomic E-state index is 13.4. The highest BCUT2D eigenvalue weighted by Gasteiger charge is 2.30. The van der Waals surface area contributed by atoms with Crippen LogP contribution < -0.4 is 4.90 Å². The number of alkyl halides is 1. The molecule has 1 aliphatic rings. The van der Waals surface area contributed by atoms with Crippen molar-refractivity contribution in [3.63, 3.8) is 0 Å². The van der Waals surface area contributed by atoms with Crippen molar-refractivity contribution in [2.24, 2.45) is 5.92 Å². The first-order valence-electron chi connectivity index (χ1n) is 5.21. The molecule has 3 nitrogen and oxygen atoms in total. The zero-order valence-electron chi connectivity index (χ0n) is 8.99. The molecular weight excluding hydrogens is 243 g/mol. The highest BCUT2D eigenvalue weighted by molar-refractivity contribution is 6.18. The lowest BCUT2D eigenvalue weighted by atomic mass is 10.1. The van der Waals surface area contributed by atoms with E-state index in [-0.39, 0.29) is 17.4 Å². The Bertz CT molecular complexity index is 498. The molecule has 1 unspecified atom stereocenters. The van der Waals surface area contributed by atoms with Gasteiger partial charge in [-0.1, -0.05) is 0 Å². The summed E-state index contributed by atoms with van der Waals surface area (Å²) >= 11 is 5.71. The molecule has 1 heterocycles. The first-order valence-corrected chi connectivity index (χ1v) is 5.75. The van der Waals surface area contributed by atoms with Gasteiger partial charge in [0.05, 0.1) is 5.56 Å². The van der Waals surface area contributed by atoms with Gasteiger partial charge in [0.2, 0.25) is 5.91 Å². The monoisotopic (exact) mass is 252 g/mol. The Balaban J connectivity index is 2.27. The molecule has 1 atom stereocenters. The number of carbonyl (C=O) groups is 1. The van der Waals surface area contributed by atoms with Crippen molar-refractivity contribution >= 4 is 23.2 Å². The Morgan fingerprint density at radius 1 is 1.59 bits per heavy atom. The second-order valence-corrected chi connectivity index (χ2v) is 4.31. The Morgan fingerprint density at radius 3 is 2.88 bits per heavy atom. The molecule has 1 amide bonds. The van der Waals surface area contributed by atoms with Crippen LogP contribution in [0.2, 0.25) is 0 Å². The molecular formula is C12H10ClFN2O. The van der Waals surface area contributed by atoms with E-state index in [0.29, 0.717) is 24.5 Å². The summed E-state index contributed by atoms with van der Waals surface area (Å²) in [4.78, 5) is 13.2. The van der Waals surface area contributed by atoms with Gasteiger partial charge in [-0.05, 0) is 24.1 Å². The maximum absolute atomic E-state index is 13.4. The van der Waals surface area contributed by atoms with Gasteiger partial charge >= 0.3 is 0 Å².